The Balaban J connectivity index is 1.12. The minimum Gasteiger partial charge on any atom is -0.372 e. The van der Waals surface area contributed by atoms with Crippen LogP contribution in [0, 0.1) is 0 Å². The number of benzene rings is 3. The summed E-state index contributed by atoms with van der Waals surface area (Å²) in [6.45, 7) is 2.19. The number of anilines is 1. The topological polar surface area (TPSA) is 326 Å². The molecule has 0 aromatic heterocycles. The van der Waals surface area contributed by atoms with Crippen LogP contribution in [0.2, 0.25) is 0 Å². The molecule has 4 rings (SSSR count). The molecule has 3 aromatic rings. The van der Waals surface area contributed by atoms with Crippen molar-refractivity contribution < 1.29 is 9.63 Å². The summed E-state index contributed by atoms with van der Waals surface area (Å²) >= 11 is 0. The van der Waals surface area contributed by atoms with Crippen molar-refractivity contribution in [1.82, 2.24) is 0 Å². The highest BCUT2D eigenvalue weighted by atomic mass is 16.7. The smallest absolute Gasteiger partial charge is 0.367 e. The SMILES string of the molecule is CN=NN=NN=NN=NN=NN=NN=NN=NN=NN=NOC(=O)c1ccc(N=Nc2ccc(N=Nc3ccc(N4CCCCC4)cc3)cc2)cc1. The van der Waals surface area contributed by atoms with Crippen molar-refractivity contribution in [1.29, 1.82) is 0 Å². The molecule has 1 aliphatic rings. The lowest BCUT2D eigenvalue weighted by molar-refractivity contribution is 0.0475. The zero-order valence-corrected chi connectivity index (χ0v) is 27.0. The van der Waals surface area contributed by atoms with Crippen LogP contribution in [0.3, 0.4) is 0 Å². The van der Waals surface area contributed by atoms with Crippen molar-refractivity contribution in [3.63, 3.8) is 0 Å². The van der Waals surface area contributed by atoms with Crippen LogP contribution in [-0.4, -0.2) is 26.1 Å². The molecule has 27 nitrogen and oxygen atoms in total. The minimum atomic E-state index is -0.809. The fourth-order valence-electron chi connectivity index (χ4n) is 3.81. The van der Waals surface area contributed by atoms with E-state index in [0.717, 1.165) is 18.8 Å². The summed E-state index contributed by atoms with van der Waals surface area (Å²) < 4.78 is 0. The Morgan fingerprint density at radius 2 is 0.808 bits per heavy atom. The first-order valence-corrected chi connectivity index (χ1v) is 14.7. The Morgan fingerprint density at radius 3 is 1.21 bits per heavy atom. The molecule has 262 valence electrons. The number of azo groups is 2. The Morgan fingerprint density at radius 1 is 0.462 bits per heavy atom. The van der Waals surface area contributed by atoms with Gasteiger partial charge in [-0.25, -0.2) is 4.79 Å². The molecule has 0 unspecified atom stereocenters. The second kappa shape index (κ2) is 22.7. The van der Waals surface area contributed by atoms with Crippen LogP contribution < -0.4 is 4.90 Å². The molecule has 1 heterocycles. The lowest BCUT2D eigenvalue weighted by Gasteiger charge is -2.28. The van der Waals surface area contributed by atoms with Crippen LogP contribution in [0.4, 0.5) is 28.4 Å². The molecular formula is C25H25N25O2. The summed E-state index contributed by atoms with van der Waals surface area (Å²) in [6.07, 6.45) is 3.76. The molecule has 0 spiro atoms. The van der Waals surface area contributed by atoms with Gasteiger partial charge in [-0.3, -0.25) is 4.84 Å². The fourth-order valence-corrected chi connectivity index (χ4v) is 3.81. The number of nitrogens with zero attached hydrogens (tertiary/aromatic N) is 25. The number of carbonyl (C=O) groups excluding carboxylic acids is 1. The van der Waals surface area contributed by atoms with Crippen molar-refractivity contribution in [2.24, 2.45) is 125 Å². The highest BCUT2D eigenvalue weighted by Gasteiger charge is 2.10. The van der Waals surface area contributed by atoms with Crippen molar-refractivity contribution in [2.45, 2.75) is 19.3 Å². The lowest BCUT2D eigenvalue weighted by Crippen LogP contribution is -2.29. The van der Waals surface area contributed by atoms with Gasteiger partial charge < -0.3 is 4.90 Å². The zero-order valence-electron chi connectivity index (χ0n) is 27.0. The van der Waals surface area contributed by atoms with E-state index in [4.69, 9.17) is 0 Å². The molecule has 52 heavy (non-hydrogen) atoms. The van der Waals surface area contributed by atoms with Gasteiger partial charge in [-0.2, -0.15) is 25.6 Å². The van der Waals surface area contributed by atoms with Gasteiger partial charge in [0.2, 0.25) is 0 Å². The number of piperidine rings is 1. The van der Waals surface area contributed by atoms with Crippen molar-refractivity contribution in [3.05, 3.63) is 78.4 Å². The maximum atomic E-state index is 12.1. The van der Waals surface area contributed by atoms with E-state index in [0.29, 0.717) is 17.1 Å². The van der Waals surface area contributed by atoms with Crippen LogP contribution in [0.15, 0.2) is 198 Å². The molecule has 0 atom stereocenters. The van der Waals surface area contributed by atoms with Crippen molar-refractivity contribution >= 4 is 34.4 Å². The van der Waals surface area contributed by atoms with Gasteiger partial charge >= 0.3 is 5.97 Å². The molecular weight excluding hydrogens is 682 g/mol. The van der Waals surface area contributed by atoms with Gasteiger partial charge in [-0.1, -0.05) is 0 Å². The number of hydrogen-bond acceptors (Lipinski definition) is 9. The molecule has 27 heteroatoms. The van der Waals surface area contributed by atoms with E-state index >= 15 is 0 Å². The molecule has 1 saturated heterocycles. The predicted octanol–water partition coefficient (Wildman–Crippen LogP) is 11.0. The normalized spacial score (nSPS) is 14.9. The van der Waals surface area contributed by atoms with Crippen LogP contribution in [-0.2, 0) is 4.84 Å². The standard InChI is InChI=1S/C25H25N25O2/c1-26-31-32-33-34-35-36-37-38-39-40-41-42-43-44-45-46-47-48-49-52-25(51)19-5-7-20(8-6-19)27-28-21-9-11-22(12-10-21)29-30-23-13-15-24(16-14-23)50-17-3-2-4-18-50/h5-16H,2-4,17-18H2,1H3. The van der Waals surface area contributed by atoms with E-state index < -0.39 is 5.97 Å². The molecule has 1 aliphatic heterocycles. The van der Waals surface area contributed by atoms with E-state index in [-0.39, 0.29) is 5.56 Å². The highest BCUT2D eigenvalue weighted by Crippen LogP contribution is 2.26. The fraction of sp³-hybridized carbons (Fsp3) is 0.240. The summed E-state index contributed by atoms with van der Waals surface area (Å²) in [5.74, 6) is -0.809. The van der Waals surface area contributed by atoms with E-state index in [1.807, 2.05) is 12.1 Å². The Hall–Kier alpha value is -7.87. The minimum absolute atomic E-state index is 0.173. The first-order valence-electron chi connectivity index (χ1n) is 14.7. The summed E-state index contributed by atoms with van der Waals surface area (Å²) in [5.41, 5.74) is 3.95. The van der Waals surface area contributed by atoms with Crippen LogP contribution in [0.5, 0.6) is 0 Å². The van der Waals surface area contributed by atoms with Gasteiger partial charge in [0.1, 0.15) is 0 Å². The lowest BCUT2D eigenvalue weighted by atomic mass is 10.1. The van der Waals surface area contributed by atoms with E-state index in [1.54, 1.807) is 36.4 Å². The third kappa shape index (κ3) is 14.5. The zero-order chi connectivity index (χ0) is 36.3. The van der Waals surface area contributed by atoms with E-state index in [9.17, 15) is 4.79 Å². The van der Waals surface area contributed by atoms with Crippen LogP contribution >= 0.6 is 0 Å². The maximum Gasteiger partial charge on any atom is 0.367 e. The summed E-state index contributed by atoms with van der Waals surface area (Å²) in [5, 5.41) is 78.7. The molecule has 0 bridgehead atoms. The summed E-state index contributed by atoms with van der Waals surface area (Å²) in [7, 11) is 1.39. The Bertz CT molecular complexity index is 1900. The molecule has 1 fully saturated rings. The van der Waals surface area contributed by atoms with E-state index in [2.05, 4.69) is 147 Å². The number of hydrogen-bond donors (Lipinski definition) is 0. The van der Waals surface area contributed by atoms with Crippen molar-refractivity contribution in [2.75, 3.05) is 25.0 Å². The molecule has 3 aromatic carbocycles. The van der Waals surface area contributed by atoms with Crippen LogP contribution in [0.1, 0.15) is 29.6 Å². The third-order valence-corrected chi connectivity index (χ3v) is 6.02. The first kappa shape index (κ1) is 37.0. The summed E-state index contributed by atoms with van der Waals surface area (Å²) in [4.78, 5) is 19.1. The average molecular weight is 708 g/mol. The second-order valence-electron chi connectivity index (χ2n) is 9.30. The first-order chi connectivity index (χ1) is 25.7. The monoisotopic (exact) mass is 707 g/mol. The largest absolute Gasteiger partial charge is 0.372 e. The Kier molecular flexibility index (Phi) is 16.1. The highest BCUT2D eigenvalue weighted by molar-refractivity contribution is 5.89. The van der Waals surface area contributed by atoms with Gasteiger partial charge in [0.15, 0.2) is 0 Å². The number of carbonyl (C=O) groups is 1. The van der Waals surface area contributed by atoms with Gasteiger partial charge in [-0.15, -0.1) is 0 Å². The molecule has 0 N–H and O–H groups in total. The van der Waals surface area contributed by atoms with E-state index in [1.165, 1.54) is 44.1 Å². The van der Waals surface area contributed by atoms with Crippen molar-refractivity contribution in [3.8, 4) is 0 Å². The molecule has 0 saturated carbocycles. The molecule has 0 aliphatic carbocycles. The Labute approximate surface area is 291 Å². The van der Waals surface area contributed by atoms with Gasteiger partial charge in [-0.05, 0) is 134 Å². The average Bonchev–Trinajstić information content (AvgIpc) is 3.19. The molecule has 0 radical (unpaired) electrons. The third-order valence-electron chi connectivity index (χ3n) is 6.02. The van der Waals surface area contributed by atoms with Gasteiger partial charge in [0.25, 0.3) is 0 Å². The molecule has 0 amide bonds. The van der Waals surface area contributed by atoms with Crippen LogP contribution in [0.25, 0.3) is 0 Å². The van der Waals surface area contributed by atoms with Gasteiger partial charge in [0.05, 0.1) is 40.6 Å². The quantitative estimate of drug-likeness (QED) is 0.103. The van der Waals surface area contributed by atoms with Gasteiger partial charge in [0, 0.05) is 71.0 Å². The summed E-state index contributed by atoms with van der Waals surface area (Å²) in [6, 6.07) is 21.3. The number of rotatable bonds is 16. The predicted molar refractivity (Wildman–Crippen MR) is 174 cm³/mol. The maximum absolute atomic E-state index is 12.1. The second-order valence-corrected chi connectivity index (χ2v) is 9.30.